The van der Waals surface area contributed by atoms with Crippen LogP contribution in [0.1, 0.15) is 26.7 Å². The zero-order valence-electron chi connectivity index (χ0n) is 11.1. The van der Waals surface area contributed by atoms with Gasteiger partial charge in [0.25, 0.3) is 0 Å². The molecule has 0 bridgehead atoms. The van der Waals surface area contributed by atoms with Crippen LogP contribution in [0, 0.1) is 5.41 Å². The monoisotopic (exact) mass is 264 g/mol. The second-order valence-corrected chi connectivity index (χ2v) is 4.56. The summed E-state index contributed by atoms with van der Waals surface area (Å²) in [6.07, 6.45) is 1.03. The third-order valence-electron chi connectivity index (χ3n) is 2.55. The maximum Gasteiger partial charge on any atom is 0.316 e. The molecule has 18 heavy (non-hydrogen) atoms. The molecule has 0 fully saturated rings. The summed E-state index contributed by atoms with van der Waals surface area (Å²) < 4.78 is 9.99. The Labute approximate surface area is 108 Å². The number of ether oxygens (including phenoxy) is 2. The lowest BCUT2D eigenvalue weighted by atomic mass is 9.93. The molecule has 1 unspecified atom stereocenters. The van der Waals surface area contributed by atoms with Crippen LogP contribution in [0.3, 0.4) is 0 Å². The molecule has 0 aliphatic heterocycles. The Morgan fingerprint density at radius 1 is 1.28 bits per heavy atom. The van der Waals surface area contributed by atoms with Crippen LogP contribution in [0.2, 0.25) is 0 Å². The second kappa shape index (κ2) is 9.27. The van der Waals surface area contributed by atoms with Crippen molar-refractivity contribution in [3.63, 3.8) is 0 Å². The summed E-state index contributed by atoms with van der Waals surface area (Å²) in [5.41, 5.74) is -1.33. The van der Waals surface area contributed by atoms with Gasteiger partial charge in [0.2, 0.25) is 0 Å². The lowest BCUT2D eigenvalue weighted by Crippen LogP contribution is -2.38. The number of carbonyl (C=O) groups excluding carboxylic acids is 1. The Morgan fingerprint density at radius 3 is 2.39 bits per heavy atom. The second-order valence-electron chi connectivity index (χ2n) is 4.56. The van der Waals surface area contributed by atoms with Crippen LogP contribution >= 0.6 is 0 Å². The fraction of sp³-hybridized carbons (Fsp3) is 0.917. The molecule has 6 nitrogen and oxygen atoms in total. The van der Waals surface area contributed by atoms with Crippen molar-refractivity contribution in [1.82, 2.24) is 0 Å². The summed E-state index contributed by atoms with van der Waals surface area (Å²) in [6.45, 7) is 2.86. The highest BCUT2D eigenvalue weighted by Crippen LogP contribution is 2.16. The first-order chi connectivity index (χ1) is 8.50. The van der Waals surface area contributed by atoms with Gasteiger partial charge in [0.15, 0.2) is 0 Å². The average molecular weight is 264 g/mol. The van der Waals surface area contributed by atoms with E-state index in [9.17, 15) is 9.90 Å². The first-order valence-electron chi connectivity index (χ1n) is 6.15. The van der Waals surface area contributed by atoms with Gasteiger partial charge in [-0.1, -0.05) is 13.3 Å². The predicted molar refractivity (Wildman–Crippen MR) is 65.0 cm³/mol. The Hall–Kier alpha value is -0.690. The molecule has 0 aromatic heterocycles. The molecule has 3 N–H and O–H groups in total. The summed E-state index contributed by atoms with van der Waals surface area (Å²) in [5.74, 6) is -0.736. The van der Waals surface area contributed by atoms with Crippen molar-refractivity contribution in [2.45, 2.75) is 32.8 Å². The van der Waals surface area contributed by atoms with Gasteiger partial charge >= 0.3 is 5.97 Å². The van der Waals surface area contributed by atoms with Crippen LogP contribution in [-0.2, 0) is 14.3 Å². The quantitative estimate of drug-likeness (QED) is 0.370. The number of unbranched alkanes of at least 4 members (excludes halogenated alkanes) is 1. The minimum absolute atomic E-state index is 0.0994. The standard InChI is InChI=1S/C12H24O6/c1-3-4-5-17-6-10(15)7-18-11(16)12(2,8-13)9-14/h10,13-15H,3-9H2,1-2H3. The molecule has 0 heterocycles. The molecule has 1 atom stereocenters. The molecule has 0 saturated carbocycles. The Bertz CT molecular complexity index is 227. The minimum Gasteiger partial charge on any atom is -0.462 e. The maximum atomic E-state index is 11.5. The first kappa shape index (κ1) is 17.3. The van der Waals surface area contributed by atoms with Crippen LogP contribution in [0.15, 0.2) is 0 Å². The van der Waals surface area contributed by atoms with E-state index in [2.05, 4.69) is 0 Å². The van der Waals surface area contributed by atoms with Gasteiger partial charge in [0, 0.05) is 6.61 Å². The van der Waals surface area contributed by atoms with Gasteiger partial charge in [0.05, 0.1) is 19.8 Å². The normalized spacial score (nSPS) is 13.4. The molecule has 0 aromatic rings. The Balaban J connectivity index is 3.84. The van der Waals surface area contributed by atoms with Crippen LogP contribution in [0.25, 0.3) is 0 Å². The van der Waals surface area contributed by atoms with Crippen molar-refractivity contribution >= 4 is 5.97 Å². The molecule has 6 heteroatoms. The van der Waals surface area contributed by atoms with Crippen LogP contribution < -0.4 is 0 Å². The number of carbonyl (C=O) groups is 1. The molecule has 0 aliphatic rings. The van der Waals surface area contributed by atoms with Gasteiger partial charge in [-0.3, -0.25) is 4.79 Å². The molecule has 0 rings (SSSR count). The van der Waals surface area contributed by atoms with E-state index in [0.717, 1.165) is 12.8 Å². The van der Waals surface area contributed by atoms with Crippen LogP contribution in [0.4, 0.5) is 0 Å². The van der Waals surface area contributed by atoms with Gasteiger partial charge in [-0.05, 0) is 13.3 Å². The number of rotatable bonds is 10. The molecule has 0 aromatic carbocycles. The molecule has 108 valence electrons. The number of esters is 1. The van der Waals surface area contributed by atoms with Crippen LogP contribution in [-0.4, -0.2) is 60.4 Å². The van der Waals surface area contributed by atoms with Crippen molar-refractivity contribution in [3.8, 4) is 0 Å². The zero-order chi connectivity index (χ0) is 14.0. The first-order valence-corrected chi connectivity index (χ1v) is 6.15. The number of aliphatic hydroxyl groups is 3. The van der Waals surface area contributed by atoms with E-state index in [-0.39, 0.29) is 13.2 Å². The molecular formula is C12H24O6. The maximum absolute atomic E-state index is 11.5. The highest BCUT2D eigenvalue weighted by atomic mass is 16.6. The summed E-state index contributed by atoms with van der Waals surface area (Å²) in [4.78, 5) is 11.5. The van der Waals surface area contributed by atoms with E-state index < -0.39 is 30.7 Å². The smallest absolute Gasteiger partial charge is 0.316 e. The van der Waals surface area contributed by atoms with Crippen molar-refractivity contribution in [2.24, 2.45) is 5.41 Å². The van der Waals surface area contributed by atoms with Gasteiger partial charge < -0.3 is 24.8 Å². The number of aliphatic hydroxyl groups excluding tert-OH is 3. The van der Waals surface area contributed by atoms with Gasteiger partial charge in [-0.2, -0.15) is 0 Å². The molecular weight excluding hydrogens is 240 g/mol. The highest BCUT2D eigenvalue weighted by molar-refractivity contribution is 5.76. The summed E-state index contributed by atoms with van der Waals surface area (Å²) >= 11 is 0. The van der Waals surface area contributed by atoms with Crippen molar-refractivity contribution in [2.75, 3.05) is 33.0 Å². The van der Waals surface area contributed by atoms with Crippen molar-refractivity contribution in [1.29, 1.82) is 0 Å². The van der Waals surface area contributed by atoms with E-state index in [1.54, 1.807) is 0 Å². The molecule has 0 radical (unpaired) electrons. The molecule has 0 aliphatic carbocycles. The summed E-state index contributed by atoms with van der Waals surface area (Å²) in [6, 6.07) is 0. The van der Waals surface area contributed by atoms with E-state index in [0.29, 0.717) is 6.61 Å². The Morgan fingerprint density at radius 2 is 1.89 bits per heavy atom. The summed E-state index contributed by atoms with van der Waals surface area (Å²) in [5, 5.41) is 27.4. The SMILES string of the molecule is CCCCOCC(O)COC(=O)C(C)(CO)CO. The van der Waals surface area contributed by atoms with Gasteiger partial charge in [-0.15, -0.1) is 0 Å². The third-order valence-corrected chi connectivity index (χ3v) is 2.55. The lowest BCUT2D eigenvalue weighted by Gasteiger charge is -2.23. The van der Waals surface area contributed by atoms with E-state index in [4.69, 9.17) is 19.7 Å². The predicted octanol–water partition coefficient (Wildman–Crippen LogP) is -0.302. The molecule has 0 amide bonds. The average Bonchev–Trinajstić information content (AvgIpc) is 2.39. The summed E-state index contributed by atoms with van der Waals surface area (Å²) in [7, 11) is 0. The largest absolute Gasteiger partial charge is 0.462 e. The highest BCUT2D eigenvalue weighted by Gasteiger charge is 2.34. The molecule has 0 saturated heterocycles. The number of hydrogen-bond acceptors (Lipinski definition) is 6. The number of hydrogen-bond donors (Lipinski definition) is 3. The third kappa shape index (κ3) is 6.30. The fourth-order valence-corrected chi connectivity index (χ4v) is 1.04. The van der Waals surface area contributed by atoms with Gasteiger partial charge in [-0.25, -0.2) is 0 Å². The minimum atomic E-state index is -1.33. The molecule has 0 spiro atoms. The Kier molecular flexibility index (Phi) is 8.91. The van der Waals surface area contributed by atoms with E-state index in [1.807, 2.05) is 6.92 Å². The van der Waals surface area contributed by atoms with E-state index >= 15 is 0 Å². The van der Waals surface area contributed by atoms with Crippen molar-refractivity contribution in [3.05, 3.63) is 0 Å². The van der Waals surface area contributed by atoms with E-state index in [1.165, 1.54) is 6.92 Å². The van der Waals surface area contributed by atoms with Gasteiger partial charge in [0.1, 0.15) is 18.1 Å². The fourth-order valence-electron chi connectivity index (χ4n) is 1.04. The van der Waals surface area contributed by atoms with Crippen LogP contribution in [0.5, 0.6) is 0 Å². The lowest BCUT2D eigenvalue weighted by molar-refractivity contribution is -0.164. The zero-order valence-corrected chi connectivity index (χ0v) is 11.1. The topological polar surface area (TPSA) is 96.2 Å². The van der Waals surface area contributed by atoms with Crippen molar-refractivity contribution < 1.29 is 29.6 Å².